The van der Waals surface area contributed by atoms with Gasteiger partial charge in [-0.1, -0.05) is 6.07 Å². The maximum Gasteiger partial charge on any atom is 0.310 e. The molecule has 0 saturated carbocycles. The first-order valence-corrected chi connectivity index (χ1v) is 4.56. The predicted octanol–water partition coefficient (Wildman–Crippen LogP) is 1.74. The van der Waals surface area contributed by atoms with Crippen LogP contribution in [0.5, 0.6) is 0 Å². The van der Waals surface area contributed by atoms with Crippen molar-refractivity contribution in [1.29, 1.82) is 0 Å². The number of halogens is 1. The predicted molar refractivity (Wildman–Crippen MR) is 52.1 cm³/mol. The van der Waals surface area contributed by atoms with E-state index in [1.54, 1.807) is 6.92 Å². The lowest BCUT2D eigenvalue weighted by molar-refractivity contribution is -0.142. The van der Waals surface area contributed by atoms with Gasteiger partial charge in [0.15, 0.2) is 6.29 Å². The summed E-state index contributed by atoms with van der Waals surface area (Å²) in [5.74, 6) is -0.974. The van der Waals surface area contributed by atoms with Crippen LogP contribution in [0.15, 0.2) is 18.2 Å². The molecule has 4 heteroatoms. The molecule has 1 rings (SSSR count). The Hall–Kier alpha value is -1.71. The third-order valence-electron chi connectivity index (χ3n) is 1.84. The van der Waals surface area contributed by atoms with Crippen LogP contribution in [0.3, 0.4) is 0 Å². The molecule has 0 aromatic heterocycles. The Morgan fingerprint density at radius 1 is 1.53 bits per heavy atom. The van der Waals surface area contributed by atoms with Crippen molar-refractivity contribution in [3.05, 3.63) is 35.1 Å². The molecule has 0 amide bonds. The summed E-state index contributed by atoms with van der Waals surface area (Å²) in [5.41, 5.74) is 0.522. The number of hydrogen-bond donors (Lipinski definition) is 0. The number of carbonyl (C=O) groups is 2. The number of hydrogen-bond acceptors (Lipinski definition) is 3. The average molecular weight is 210 g/mol. The SMILES string of the molecule is CCOC(=O)Cc1ccc(F)c(C=O)c1. The van der Waals surface area contributed by atoms with Crippen LogP contribution in [-0.2, 0) is 16.0 Å². The number of benzene rings is 1. The molecule has 0 fully saturated rings. The largest absolute Gasteiger partial charge is 0.466 e. The standard InChI is InChI=1S/C11H11FO3/c1-2-15-11(14)6-8-3-4-10(12)9(5-8)7-13/h3-5,7H,2,6H2,1H3. The first-order valence-electron chi connectivity index (χ1n) is 4.56. The van der Waals surface area contributed by atoms with Gasteiger partial charge in [0.05, 0.1) is 18.6 Å². The Kier molecular flexibility index (Phi) is 3.97. The Labute approximate surface area is 86.9 Å². The summed E-state index contributed by atoms with van der Waals surface area (Å²) in [5, 5.41) is 0. The zero-order valence-electron chi connectivity index (χ0n) is 8.33. The minimum absolute atomic E-state index is 0.0446. The van der Waals surface area contributed by atoms with Crippen LogP contribution < -0.4 is 0 Å². The molecule has 0 aliphatic heterocycles. The number of carbonyl (C=O) groups excluding carboxylic acids is 2. The Morgan fingerprint density at radius 3 is 2.87 bits per heavy atom. The molecule has 0 aliphatic carbocycles. The van der Waals surface area contributed by atoms with Crippen molar-refractivity contribution in [3.63, 3.8) is 0 Å². The summed E-state index contributed by atoms with van der Waals surface area (Å²) in [4.78, 5) is 21.5. The fourth-order valence-corrected chi connectivity index (χ4v) is 1.17. The van der Waals surface area contributed by atoms with Gasteiger partial charge < -0.3 is 4.74 Å². The van der Waals surface area contributed by atoms with Gasteiger partial charge >= 0.3 is 5.97 Å². The van der Waals surface area contributed by atoms with E-state index in [2.05, 4.69) is 0 Å². The van der Waals surface area contributed by atoms with Gasteiger partial charge in [0.2, 0.25) is 0 Å². The van der Waals surface area contributed by atoms with Gasteiger partial charge in [0.25, 0.3) is 0 Å². The van der Waals surface area contributed by atoms with Gasteiger partial charge in [0.1, 0.15) is 5.82 Å². The minimum atomic E-state index is -0.586. The zero-order chi connectivity index (χ0) is 11.3. The first kappa shape index (κ1) is 11.4. The van der Waals surface area contributed by atoms with Crippen LogP contribution in [0.4, 0.5) is 4.39 Å². The smallest absolute Gasteiger partial charge is 0.310 e. The van der Waals surface area contributed by atoms with Crippen LogP contribution >= 0.6 is 0 Å². The van der Waals surface area contributed by atoms with Gasteiger partial charge in [0, 0.05) is 0 Å². The van der Waals surface area contributed by atoms with Crippen LogP contribution in [0.25, 0.3) is 0 Å². The van der Waals surface area contributed by atoms with Crippen molar-refractivity contribution in [2.75, 3.05) is 6.61 Å². The molecular weight excluding hydrogens is 199 g/mol. The second-order valence-corrected chi connectivity index (χ2v) is 2.96. The summed E-state index contributed by atoms with van der Waals surface area (Å²) < 4.78 is 17.6. The number of esters is 1. The van der Waals surface area contributed by atoms with E-state index in [1.807, 2.05) is 0 Å². The highest BCUT2D eigenvalue weighted by atomic mass is 19.1. The monoisotopic (exact) mass is 210 g/mol. The molecule has 0 heterocycles. The molecule has 0 spiro atoms. The molecular formula is C11H11FO3. The Balaban J connectivity index is 2.78. The summed E-state index contributed by atoms with van der Waals surface area (Å²) >= 11 is 0. The molecule has 0 N–H and O–H groups in total. The molecule has 0 bridgehead atoms. The van der Waals surface area contributed by atoms with Gasteiger partial charge in [-0.05, 0) is 24.6 Å². The van der Waals surface area contributed by atoms with Crippen molar-refractivity contribution in [2.24, 2.45) is 0 Å². The molecule has 0 aliphatic rings. The maximum atomic E-state index is 12.9. The highest BCUT2D eigenvalue weighted by molar-refractivity contribution is 5.77. The highest BCUT2D eigenvalue weighted by Crippen LogP contribution is 2.09. The molecule has 1 aromatic carbocycles. The van der Waals surface area contributed by atoms with Gasteiger partial charge in [-0.15, -0.1) is 0 Å². The third kappa shape index (κ3) is 3.16. The Morgan fingerprint density at radius 2 is 2.27 bits per heavy atom. The molecule has 15 heavy (non-hydrogen) atoms. The highest BCUT2D eigenvalue weighted by Gasteiger charge is 2.07. The summed E-state index contributed by atoms with van der Waals surface area (Å²) in [6, 6.07) is 3.97. The number of ether oxygens (including phenoxy) is 1. The maximum absolute atomic E-state index is 12.9. The van der Waals surface area contributed by atoms with Crippen LogP contribution in [0, 0.1) is 5.82 Å². The molecule has 3 nitrogen and oxygen atoms in total. The summed E-state index contributed by atoms with van der Waals surface area (Å²) in [6.45, 7) is 2.01. The van der Waals surface area contributed by atoms with E-state index in [4.69, 9.17) is 4.74 Å². The normalized spacial score (nSPS) is 9.73. The van der Waals surface area contributed by atoms with E-state index in [-0.39, 0.29) is 18.0 Å². The van der Waals surface area contributed by atoms with Gasteiger partial charge in [-0.3, -0.25) is 9.59 Å². The van der Waals surface area contributed by atoms with Crippen molar-refractivity contribution >= 4 is 12.3 Å². The molecule has 0 atom stereocenters. The lowest BCUT2D eigenvalue weighted by Gasteiger charge is -2.03. The fraction of sp³-hybridized carbons (Fsp3) is 0.273. The summed E-state index contributed by atoms with van der Waals surface area (Å²) in [7, 11) is 0. The average Bonchev–Trinajstić information content (AvgIpc) is 2.21. The third-order valence-corrected chi connectivity index (χ3v) is 1.84. The van der Waals surface area contributed by atoms with E-state index in [9.17, 15) is 14.0 Å². The number of rotatable bonds is 4. The molecule has 1 aromatic rings. The van der Waals surface area contributed by atoms with Crippen LogP contribution in [0.2, 0.25) is 0 Å². The summed E-state index contributed by atoms with van der Waals surface area (Å²) in [6.07, 6.45) is 0.471. The zero-order valence-corrected chi connectivity index (χ0v) is 8.33. The van der Waals surface area contributed by atoms with E-state index in [1.165, 1.54) is 12.1 Å². The van der Waals surface area contributed by atoms with Gasteiger partial charge in [-0.2, -0.15) is 0 Å². The van der Waals surface area contributed by atoms with Gasteiger partial charge in [-0.25, -0.2) is 4.39 Å². The number of aldehydes is 1. The Bertz CT molecular complexity index is 374. The van der Waals surface area contributed by atoms with Crippen LogP contribution in [-0.4, -0.2) is 18.9 Å². The lowest BCUT2D eigenvalue weighted by Crippen LogP contribution is -2.07. The molecule has 0 saturated heterocycles. The van der Waals surface area contributed by atoms with Crippen molar-refractivity contribution in [1.82, 2.24) is 0 Å². The molecule has 0 radical (unpaired) electrons. The topological polar surface area (TPSA) is 43.4 Å². The van der Waals surface area contributed by atoms with E-state index >= 15 is 0 Å². The second-order valence-electron chi connectivity index (χ2n) is 2.96. The van der Waals surface area contributed by atoms with E-state index in [0.29, 0.717) is 18.5 Å². The van der Waals surface area contributed by atoms with Crippen molar-refractivity contribution < 1.29 is 18.7 Å². The fourth-order valence-electron chi connectivity index (χ4n) is 1.17. The minimum Gasteiger partial charge on any atom is -0.466 e. The molecule has 80 valence electrons. The van der Waals surface area contributed by atoms with Crippen molar-refractivity contribution in [2.45, 2.75) is 13.3 Å². The second kappa shape index (κ2) is 5.24. The van der Waals surface area contributed by atoms with E-state index in [0.717, 1.165) is 6.07 Å². The first-order chi connectivity index (χ1) is 7.17. The lowest BCUT2D eigenvalue weighted by atomic mass is 10.1. The van der Waals surface area contributed by atoms with Crippen molar-refractivity contribution in [3.8, 4) is 0 Å². The van der Waals surface area contributed by atoms with E-state index < -0.39 is 5.82 Å². The molecule has 0 unspecified atom stereocenters. The van der Waals surface area contributed by atoms with Crippen LogP contribution in [0.1, 0.15) is 22.8 Å². The quantitative estimate of drug-likeness (QED) is 0.561.